The molecule has 0 spiro atoms. The molecule has 0 saturated carbocycles. The minimum Gasteiger partial charge on any atom is -0.493 e. The van der Waals surface area contributed by atoms with E-state index < -0.39 is 0 Å². The molecule has 1 aromatic heterocycles. The smallest absolute Gasteiger partial charge is 0.161 e. The molecule has 0 unspecified atom stereocenters. The fourth-order valence-corrected chi connectivity index (χ4v) is 2.47. The lowest BCUT2D eigenvalue weighted by atomic mass is 10.0. The van der Waals surface area contributed by atoms with Crippen LogP contribution in [0.5, 0.6) is 11.5 Å². The van der Waals surface area contributed by atoms with Crippen LogP contribution in [0, 0.1) is 0 Å². The Hall–Kier alpha value is -2.33. The Morgan fingerprint density at radius 1 is 0.857 bits per heavy atom. The number of benzene rings is 2. The van der Waals surface area contributed by atoms with E-state index in [1.165, 1.54) is 0 Å². The van der Waals surface area contributed by atoms with Crippen molar-refractivity contribution in [3.8, 4) is 22.8 Å². The molecule has 0 saturated heterocycles. The largest absolute Gasteiger partial charge is 0.493 e. The average molecular weight is 301 g/mol. The van der Waals surface area contributed by atoms with Gasteiger partial charge in [0.05, 0.1) is 14.2 Å². The van der Waals surface area contributed by atoms with Gasteiger partial charge in [0.2, 0.25) is 0 Å². The topological polar surface area (TPSA) is 44.2 Å². The summed E-state index contributed by atoms with van der Waals surface area (Å²) in [4.78, 5) is 0. The number of rotatable bonds is 3. The standard InChI is InChI=1S/C16H13ClN2O2/c1-20-13-8-7-10(9-14(13)21-2)15-11-5-3-4-6-12(11)16(17)19-18-15/h3-9H,1-2H3. The summed E-state index contributed by atoms with van der Waals surface area (Å²) >= 11 is 6.10. The van der Waals surface area contributed by atoms with E-state index in [-0.39, 0.29) is 0 Å². The van der Waals surface area contributed by atoms with Crippen molar-refractivity contribution in [2.75, 3.05) is 14.2 Å². The van der Waals surface area contributed by atoms with Crippen LogP contribution < -0.4 is 9.47 Å². The Morgan fingerprint density at radius 3 is 2.29 bits per heavy atom. The first-order valence-corrected chi connectivity index (χ1v) is 6.75. The number of halogens is 1. The van der Waals surface area contributed by atoms with Crippen LogP contribution in [0.2, 0.25) is 5.15 Å². The normalized spacial score (nSPS) is 10.6. The van der Waals surface area contributed by atoms with Crippen LogP contribution in [0.25, 0.3) is 22.0 Å². The highest BCUT2D eigenvalue weighted by Gasteiger charge is 2.12. The predicted molar refractivity (Wildman–Crippen MR) is 83.1 cm³/mol. The van der Waals surface area contributed by atoms with Crippen LogP contribution in [0.15, 0.2) is 42.5 Å². The highest BCUT2D eigenvalue weighted by atomic mass is 35.5. The zero-order valence-corrected chi connectivity index (χ0v) is 12.4. The van der Waals surface area contributed by atoms with Crippen LogP contribution in [0.3, 0.4) is 0 Å². The van der Waals surface area contributed by atoms with Gasteiger partial charge in [0, 0.05) is 16.3 Å². The van der Waals surface area contributed by atoms with Gasteiger partial charge in [0.15, 0.2) is 16.7 Å². The Bertz CT molecular complexity index is 805. The monoisotopic (exact) mass is 300 g/mol. The Kier molecular flexibility index (Phi) is 3.62. The van der Waals surface area contributed by atoms with Crippen LogP contribution in [-0.4, -0.2) is 24.4 Å². The summed E-state index contributed by atoms with van der Waals surface area (Å²) in [5.74, 6) is 1.32. The second-order valence-electron chi connectivity index (χ2n) is 4.45. The van der Waals surface area contributed by atoms with Crippen molar-refractivity contribution >= 4 is 22.4 Å². The highest BCUT2D eigenvalue weighted by molar-refractivity contribution is 6.34. The van der Waals surface area contributed by atoms with Gasteiger partial charge in [-0.05, 0) is 18.2 Å². The minimum atomic E-state index is 0.398. The van der Waals surface area contributed by atoms with Gasteiger partial charge in [-0.25, -0.2) is 0 Å². The first kappa shape index (κ1) is 13.6. The number of fused-ring (bicyclic) bond motifs is 1. The Morgan fingerprint density at radius 2 is 1.57 bits per heavy atom. The van der Waals surface area contributed by atoms with Crippen molar-refractivity contribution in [1.82, 2.24) is 10.2 Å². The molecule has 0 aliphatic rings. The van der Waals surface area contributed by atoms with Gasteiger partial charge >= 0.3 is 0 Å². The summed E-state index contributed by atoms with van der Waals surface area (Å²) in [6, 6.07) is 13.4. The lowest BCUT2D eigenvalue weighted by molar-refractivity contribution is 0.355. The molecule has 0 amide bonds. The van der Waals surface area contributed by atoms with Crippen molar-refractivity contribution in [3.63, 3.8) is 0 Å². The SMILES string of the molecule is COc1ccc(-c2nnc(Cl)c3ccccc23)cc1OC. The van der Waals surface area contributed by atoms with Crippen molar-refractivity contribution in [2.45, 2.75) is 0 Å². The van der Waals surface area contributed by atoms with E-state index in [1.54, 1.807) is 14.2 Å². The average Bonchev–Trinajstić information content (AvgIpc) is 2.55. The predicted octanol–water partition coefficient (Wildman–Crippen LogP) is 3.97. The Labute approximate surface area is 127 Å². The van der Waals surface area contributed by atoms with E-state index >= 15 is 0 Å². The third kappa shape index (κ3) is 2.38. The number of aromatic nitrogens is 2. The van der Waals surface area contributed by atoms with Gasteiger partial charge in [0.1, 0.15) is 5.69 Å². The van der Waals surface area contributed by atoms with Crippen LogP contribution in [0.4, 0.5) is 0 Å². The summed E-state index contributed by atoms with van der Waals surface area (Å²) in [6.07, 6.45) is 0. The molecule has 3 aromatic rings. The molecule has 0 fully saturated rings. The molecule has 1 heterocycles. The molecule has 106 valence electrons. The van der Waals surface area contributed by atoms with Gasteiger partial charge in [-0.3, -0.25) is 0 Å². The summed E-state index contributed by atoms with van der Waals surface area (Å²) in [5.41, 5.74) is 1.66. The van der Waals surface area contributed by atoms with Crippen LogP contribution >= 0.6 is 11.6 Å². The molecular formula is C16H13ClN2O2. The number of hydrogen-bond donors (Lipinski definition) is 0. The zero-order chi connectivity index (χ0) is 14.8. The van der Waals surface area contributed by atoms with Crippen LogP contribution in [-0.2, 0) is 0 Å². The van der Waals surface area contributed by atoms with Gasteiger partial charge < -0.3 is 9.47 Å². The third-order valence-electron chi connectivity index (χ3n) is 3.30. The molecule has 0 radical (unpaired) electrons. The summed E-state index contributed by atoms with van der Waals surface area (Å²) in [7, 11) is 3.21. The molecule has 21 heavy (non-hydrogen) atoms. The van der Waals surface area contributed by atoms with E-state index in [4.69, 9.17) is 21.1 Å². The summed E-state index contributed by atoms with van der Waals surface area (Å²) in [6.45, 7) is 0. The van der Waals surface area contributed by atoms with Crippen molar-refractivity contribution in [2.24, 2.45) is 0 Å². The molecule has 0 N–H and O–H groups in total. The van der Waals surface area contributed by atoms with Crippen molar-refractivity contribution in [1.29, 1.82) is 0 Å². The van der Waals surface area contributed by atoms with Gasteiger partial charge in [0.25, 0.3) is 0 Å². The van der Waals surface area contributed by atoms with Crippen molar-refractivity contribution in [3.05, 3.63) is 47.6 Å². The summed E-state index contributed by atoms with van der Waals surface area (Å²) in [5, 5.41) is 10.5. The minimum absolute atomic E-state index is 0.398. The zero-order valence-electron chi connectivity index (χ0n) is 11.6. The number of ether oxygens (including phenoxy) is 2. The van der Waals surface area contributed by atoms with E-state index in [1.807, 2.05) is 42.5 Å². The second-order valence-corrected chi connectivity index (χ2v) is 4.81. The summed E-state index contributed by atoms with van der Waals surface area (Å²) < 4.78 is 10.6. The van der Waals surface area contributed by atoms with E-state index in [9.17, 15) is 0 Å². The third-order valence-corrected chi connectivity index (χ3v) is 3.58. The lowest BCUT2D eigenvalue weighted by Crippen LogP contribution is -1.94. The quantitative estimate of drug-likeness (QED) is 0.734. The lowest BCUT2D eigenvalue weighted by Gasteiger charge is -2.10. The molecule has 5 heteroatoms. The fourth-order valence-electron chi connectivity index (χ4n) is 2.27. The first-order valence-electron chi connectivity index (χ1n) is 6.38. The van der Waals surface area contributed by atoms with Crippen molar-refractivity contribution < 1.29 is 9.47 Å². The maximum atomic E-state index is 6.10. The maximum absolute atomic E-state index is 6.10. The number of nitrogens with zero attached hydrogens (tertiary/aromatic N) is 2. The number of methoxy groups -OCH3 is 2. The molecule has 0 atom stereocenters. The molecule has 2 aromatic carbocycles. The maximum Gasteiger partial charge on any atom is 0.161 e. The molecular weight excluding hydrogens is 288 g/mol. The van der Waals surface area contributed by atoms with E-state index in [0.717, 1.165) is 22.0 Å². The van der Waals surface area contributed by atoms with E-state index in [2.05, 4.69) is 10.2 Å². The van der Waals surface area contributed by atoms with Crippen LogP contribution in [0.1, 0.15) is 0 Å². The molecule has 0 aliphatic heterocycles. The molecule has 0 aliphatic carbocycles. The highest BCUT2D eigenvalue weighted by Crippen LogP contribution is 2.35. The van der Waals surface area contributed by atoms with Gasteiger partial charge in [-0.2, -0.15) is 0 Å². The van der Waals surface area contributed by atoms with E-state index in [0.29, 0.717) is 16.7 Å². The number of hydrogen-bond acceptors (Lipinski definition) is 4. The van der Waals surface area contributed by atoms with Gasteiger partial charge in [-0.15, -0.1) is 10.2 Å². The Balaban J connectivity index is 2.23. The fraction of sp³-hybridized carbons (Fsp3) is 0.125. The second kappa shape index (κ2) is 5.58. The molecule has 4 nitrogen and oxygen atoms in total. The van der Waals surface area contributed by atoms with Gasteiger partial charge in [-0.1, -0.05) is 35.9 Å². The molecule has 0 bridgehead atoms. The molecule has 3 rings (SSSR count). The first-order chi connectivity index (χ1) is 10.2.